The van der Waals surface area contributed by atoms with E-state index in [0.717, 1.165) is 61.6 Å². The molecule has 41 heavy (non-hydrogen) atoms. The second-order valence-electron chi connectivity index (χ2n) is 11.2. The summed E-state index contributed by atoms with van der Waals surface area (Å²) in [5.41, 5.74) is 4.73. The van der Waals surface area contributed by atoms with Crippen molar-refractivity contribution in [2.45, 2.75) is 55.6 Å². The van der Waals surface area contributed by atoms with Crippen molar-refractivity contribution in [1.29, 1.82) is 5.26 Å². The Hall–Kier alpha value is -3.36. The zero-order valence-corrected chi connectivity index (χ0v) is 24.3. The van der Waals surface area contributed by atoms with Crippen LogP contribution in [0.4, 0.5) is 15.9 Å². The van der Waals surface area contributed by atoms with E-state index in [-0.39, 0.29) is 13.0 Å². The predicted molar refractivity (Wildman–Crippen MR) is 157 cm³/mol. The molecular formula is C30H36FN7O2S. The molecule has 216 valence electrons. The Morgan fingerprint density at radius 1 is 1.17 bits per heavy atom. The van der Waals surface area contributed by atoms with E-state index in [2.05, 4.69) is 52.6 Å². The van der Waals surface area contributed by atoms with Crippen LogP contribution in [0.15, 0.2) is 35.5 Å². The van der Waals surface area contributed by atoms with Crippen molar-refractivity contribution in [3.63, 3.8) is 0 Å². The third kappa shape index (κ3) is 5.60. The van der Waals surface area contributed by atoms with E-state index in [4.69, 9.17) is 14.7 Å². The van der Waals surface area contributed by atoms with Crippen molar-refractivity contribution in [1.82, 2.24) is 19.8 Å². The number of likely N-dealkylation sites (tertiary alicyclic amines) is 1. The minimum absolute atomic E-state index is 0.102. The average molecular weight is 578 g/mol. The van der Waals surface area contributed by atoms with Crippen LogP contribution in [0.2, 0.25) is 0 Å². The van der Waals surface area contributed by atoms with Crippen molar-refractivity contribution in [3.05, 3.63) is 47.4 Å². The van der Waals surface area contributed by atoms with E-state index in [9.17, 15) is 14.4 Å². The molecule has 1 amide bonds. The van der Waals surface area contributed by atoms with Gasteiger partial charge in [-0.3, -0.25) is 4.79 Å². The molecule has 2 saturated heterocycles. The first kappa shape index (κ1) is 27.8. The zero-order valence-electron chi connectivity index (χ0n) is 23.5. The third-order valence-electron chi connectivity index (χ3n) is 8.76. The minimum Gasteiger partial charge on any atom is -0.462 e. The van der Waals surface area contributed by atoms with Crippen molar-refractivity contribution >= 4 is 29.2 Å². The highest BCUT2D eigenvalue weighted by Gasteiger charge is 2.35. The van der Waals surface area contributed by atoms with Crippen LogP contribution in [-0.4, -0.2) is 89.9 Å². The van der Waals surface area contributed by atoms with E-state index in [1.165, 1.54) is 21.0 Å². The normalized spacial score (nSPS) is 22.3. The number of nitriles is 1. The number of halogens is 1. The van der Waals surface area contributed by atoms with Gasteiger partial charge in [-0.05, 0) is 57.0 Å². The molecule has 6 rings (SSSR count). The highest BCUT2D eigenvalue weighted by molar-refractivity contribution is 7.99. The standard InChI is InChI=1S/C30H36FN7O2S/c1-20(31)29(39)38-15-14-37(17-21(38)8-11-32)28-23-9-13-36(26-6-3-7-27-24(26)10-16-41-27)18-25(23)33-30(34-28)40-19-22-5-4-12-35(22)2/h3,6-7,21-22H,1,4-5,8-10,12-19H2,2H3/t21-,22-/m0/s1. The van der Waals surface area contributed by atoms with Crippen LogP contribution in [-0.2, 0) is 24.2 Å². The maximum absolute atomic E-state index is 13.8. The van der Waals surface area contributed by atoms with E-state index >= 15 is 0 Å². The maximum Gasteiger partial charge on any atom is 0.318 e. The Bertz CT molecular complexity index is 1380. The molecular weight excluding hydrogens is 541 g/mol. The van der Waals surface area contributed by atoms with Crippen molar-refractivity contribution in [2.75, 3.05) is 61.9 Å². The minimum atomic E-state index is -1.00. The summed E-state index contributed by atoms with van der Waals surface area (Å²) < 4.78 is 20.0. The maximum atomic E-state index is 13.8. The zero-order chi connectivity index (χ0) is 28.5. The molecule has 1 aromatic heterocycles. The SMILES string of the molecule is C=C(F)C(=O)N1CCN(c2nc(OC[C@@H]3CCCN3C)nc3c2CCN(c2cccc4c2CCS4)C3)C[C@@H]1CC#N. The van der Waals surface area contributed by atoms with E-state index in [1.807, 2.05) is 11.8 Å². The number of carbonyl (C=O) groups excluding carboxylic acids is 1. The monoisotopic (exact) mass is 577 g/mol. The van der Waals surface area contributed by atoms with E-state index < -0.39 is 17.8 Å². The number of rotatable bonds is 7. The fourth-order valence-electron chi connectivity index (χ4n) is 6.53. The summed E-state index contributed by atoms with van der Waals surface area (Å²) in [4.78, 5) is 32.0. The Morgan fingerprint density at radius 3 is 2.83 bits per heavy atom. The second-order valence-corrected chi connectivity index (χ2v) is 12.4. The molecule has 0 saturated carbocycles. The number of fused-ring (bicyclic) bond motifs is 2. The molecule has 1 aromatic carbocycles. The summed E-state index contributed by atoms with van der Waals surface area (Å²) in [5.74, 6) is 0.167. The highest BCUT2D eigenvalue weighted by Crippen LogP contribution is 2.40. The summed E-state index contributed by atoms with van der Waals surface area (Å²) in [6.07, 6.45) is 4.20. The van der Waals surface area contributed by atoms with Gasteiger partial charge in [-0.1, -0.05) is 12.6 Å². The molecule has 5 heterocycles. The summed E-state index contributed by atoms with van der Waals surface area (Å²) in [5, 5.41) is 9.47. The molecule has 0 N–H and O–H groups in total. The molecule has 0 radical (unpaired) electrons. The Kier molecular flexibility index (Phi) is 8.04. The first-order chi connectivity index (χ1) is 19.9. The van der Waals surface area contributed by atoms with Gasteiger partial charge in [0.15, 0.2) is 5.83 Å². The molecule has 2 aromatic rings. The van der Waals surface area contributed by atoms with Crippen molar-refractivity contribution in [2.24, 2.45) is 0 Å². The topological polar surface area (TPSA) is 88.8 Å². The number of thioether (sulfide) groups is 1. The van der Waals surface area contributed by atoms with E-state index in [0.29, 0.717) is 38.3 Å². The summed E-state index contributed by atoms with van der Waals surface area (Å²) in [6, 6.07) is 8.97. The number of amides is 1. The van der Waals surface area contributed by atoms with Gasteiger partial charge < -0.3 is 24.3 Å². The number of benzene rings is 1. The van der Waals surface area contributed by atoms with Crippen LogP contribution in [0, 0.1) is 11.3 Å². The number of carbonyl (C=O) groups is 1. The lowest BCUT2D eigenvalue weighted by molar-refractivity contribution is -0.131. The largest absolute Gasteiger partial charge is 0.462 e. The number of likely N-dealkylation sites (N-methyl/N-ethyl adjacent to an activating group) is 1. The fraction of sp³-hybridized carbons (Fsp3) is 0.533. The first-order valence-electron chi connectivity index (χ1n) is 14.4. The van der Waals surface area contributed by atoms with Gasteiger partial charge in [0.05, 0.1) is 30.8 Å². The lowest BCUT2D eigenvalue weighted by Crippen LogP contribution is -2.55. The van der Waals surface area contributed by atoms with Gasteiger partial charge in [-0.2, -0.15) is 15.2 Å². The predicted octanol–water partition coefficient (Wildman–Crippen LogP) is 3.57. The van der Waals surface area contributed by atoms with Crippen LogP contribution in [0.3, 0.4) is 0 Å². The number of hydrogen-bond donors (Lipinski definition) is 0. The Balaban J connectivity index is 1.31. The molecule has 4 aliphatic rings. The molecule has 2 fully saturated rings. The molecule has 4 aliphatic heterocycles. The van der Waals surface area contributed by atoms with Crippen LogP contribution >= 0.6 is 11.8 Å². The number of anilines is 2. The molecule has 2 atom stereocenters. The highest BCUT2D eigenvalue weighted by atomic mass is 32.2. The Morgan fingerprint density at radius 2 is 2.05 bits per heavy atom. The van der Waals surface area contributed by atoms with Gasteiger partial charge in [-0.25, -0.2) is 4.39 Å². The van der Waals surface area contributed by atoms with Gasteiger partial charge in [0.25, 0.3) is 5.91 Å². The number of piperazine rings is 1. The summed E-state index contributed by atoms with van der Waals surface area (Å²) in [6.45, 7) is 7.42. The second kappa shape index (κ2) is 11.9. The fourth-order valence-corrected chi connectivity index (χ4v) is 7.61. The number of hydrogen-bond acceptors (Lipinski definition) is 9. The average Bonchev–Trinajstić information content (AvgIpc) is 3.63. The Labute approximate surface area is 245 Å². The van der Waals surface area contributed by atoms with Crippen LogP contribution < -0.4 is 14.5 Å². The first-order valence-corrected chi connectivity index (χ1v) is 15.4. The molecule has 0 unspecified atom stereocenters. The van der Waals surface area contributed by atoms with Crippen molar-refractivity contribution < 1.29 is 13.9 Å². The van der Waals surface area contributed by atoms with Gasteiger partial charge in [0.1, 0.15) is 12.4 Å². The number of ether oxygens (including phenoxy) is 1. The van der Waals surface area contributed by atoms with Gasteiger partial charge in [-0.15, -0.1) is 11.8 Å². The molecule has 11 heteroatoms. The molecule has 9 nitrogen and oxygen atoms in total. The molecule has 0 spiro atoms. The van der Waals surface area contributed by atoms with Gasteiger partial charge in [0.2, 0.25) is 0 Å². The quantitative estimate of drug-likeness (QED) is 0.458. The van der Waals surface area contributed by atoms with Crippen LogP contribution in [0.25, 0.3) is 0 Å². The molecule has 0 bridgehead atoms. The molecule has 0 aliphatic carbocycles. The number of nitrogens with zero attached hydrogens (tertiary/aromatic N) is 7. The van der Waals surface area contributed by atoms with Crippen LogP contribution in [0.5, 0.6) is 6.01 Å². The smallest absolute Gasteiger partial charge is 0.318 e. The third-order valence-corrected chi connectivity index (χ3v) is 9.86. The van der Waals surface area contributed by atoms with Gasteiger partial charge >= 0.3 is 6.01 Å². The lowest BCUT2D eigenvalue weighted by atomic mass is 10.0. The lowest BCUT2D eigenvalue weighted by Gasteiger charge is -2.42. The van der Waals surface area contributed by atoms with Gasteiger partial charge in [0, 0.05) is 54.1 Å². The van der Waals surface area contributed by atoms with E-state index in [1.54, 1.807) is 0 Å². The number of aromatic nitrogens is 2. The van der Waals surface area contributed by atoms with Crippen LogP contribution in [0.1, 0.15) is 36.1 Å². The van der Waals surface area contributed by atoms with Crippen molar-refractivity contribution in [3.8, 4) is 12.1 Å². The summed E-state index contributed by atoms with van der Waals surface area (Å²) >= 11 is 1.92. The summed E-state index contributed by atoms with van der Waals surface area (Å²) in [7, 11) is 2.12.